The summed E-state index contributed by atoms with van der Waals surface area (Å²) in [6.07, 6.45) is 3.02. The lowest BCUT2D eigenvalue weighted by Gasteiger charge is -2.16. The molecule has 0 saturated carbocycles. The van der Waals surface area contributed by atoms with Gasteiger partial charge in [-0.3, -0.25) is 0 Å². The molecule has 0 radical (unpaired) electrons. The maximum atomic E-state index is 9.32. The van der Waals surface area contributed by atoms with Crippen LogP contribution < -0.4 is 5.73 Å². The molecule has 0 saturated heterocycles. The second-order valence-corrected chi connectivity index (χ2v) is 4.42. The van der Waals surface area contributed by atoms with Crippen LogP contribution in [0.15, 0.2) is 18.2 Å². The smallest absolute Gasteiger partial charge is 0.138 e. The number of hydrogen-bond donors (Lipinski definition) is 3. The molecule has 0 atom stereocenters. The normalized spacial score (nSPS) is 11.0. The Morgan fingerprint density at radius 2 is 2.00 bits per heavy atom. The van der Waals surface area contributed by atoms with Crippen LogP contribution in [0.25, 0.3) is 0 Å². The highest BCUT2D eigenvalue weighted by Gasteiger charge is 2.02. The second kappa shape index (κ2) is 7.14. The number of aliphatic hydroxyl groups excluding tert-OH is 1. The summed E-state index contributed by atoms with van der Waals surface area (Å²) in [4.78, 5) is 2.21. The van der Waals surface area contributed by atoms with Crippen LogP contribution in [0.4, 0.5) is 5.69 Å². The molecule has 4 nitrogen and oxygen atoms in total. The lowest BCUT2D eigenvalue weighted by molar-refractivity contribution is 0.271. The minimum Gasteiger partial charge on any atom is -0.506 e. The van der Waals surface area contributed by atoms with Gasteiger partial charge in [0.15, 0.2) is 0 Å². The molecule has 0 aliphatic carbocycles. The van der Waals surface area contributed by atoms with Gasteiger partial charge in [-0.15, -0.1) is 0 Å². The van der Waals surface area contributed by atoms with Crippen molar-refractivity contribution in [1.82, 2.24) is 4.90 Å². The molecule has 1 aromatic carbocycles. The van der Waals surface area contributed by atoms with Gasteiger partial charge in [0, 0.05) is 13.2 Å². The van der Waals surface area contributed by atoms with Crippen molar-refractivity contribution >= 4 is 5.69 Å². The summed E-state index contributed by atoms with van der Waals surface area (Å²) in [7, 11) is 2.06. The molecule has 0 heterocycles. The van der Waals surface area contributed by atoms with E-state index < -0.39 is 0 Å². The van der Waals surface area contributed by atoms with Crippen molar-refractivity contribution in [3.05, 3.63) is 23.8 Å². The van der Waals surface area contributed by atoms with E-state index in [4.69, 9.17) is 10.8 Å². The number of nitrogens with two attached hydrogens (primary N) is 1. The van der Waals surface area contributed by atoms with Gasteiger partial charge in [-0.2, -0.15) is 0 Å². The fourth-order valence-electron chi connectivity index (χ4n) is 1.76. The summed E-state index contributed by atoms with van der Waals surface area (Å²) < 4.78 is 0. The maximum Gasteiger partial charge on any atom is 0.138 e. The first-order chi connectivity index (χ1) is 8.13. The fourth-order valence-corrected chi connectivity index (χ4v) is 1.76. The molecule has 1 rings (SSSR count). The van der Waals surface area contributed by atoms with Crippen LogP contribution in [0.1, 0.15) is 24.8 Å². The van der Waals surface area contributed by atoms with Gasteiger partial charge in [-0.05, 0) is 50.6 Å². The highest BCUT2D eigenvalue weighted by atomic mass is 16.3. The molecule has 4 heteroatoms. The summed E-state index contributed by atoms with van der Waals surface area (Å²) in [6.45, 7) is 2.10. The van der Waals surface area contributed by atoms with Gasteiger partial charge in [0.2, 0.25) is 0 Å². The molecular formula is C13H22N2O2. The van der Waals surface area contributed by atoms with Crippen molar-refractivity contribution in [2.75, 3.05) is 25.9 Å². The van der Waals surface area contributed by atoms with E-state index in [2.05, 4.69) is 11.9 Å². The zero-order valence-corrected chi connectivity index (χ0v) is 10.4. The number of phenols is 1. The van der Waals surface area contributed by atoms with Crippen molar-refractivity contribution in [3.63, 3.8) is 0 Å². The van der Waals surface area contributed by atoms with Gasteiger partial charge >= 0.3 is 0 Å². The lowest BCUT2D eigenvalue weighted by atomic mass is 10.1. The van der Waals surface area contributed by atoms with Crippen molar-refractivity contribution < 1.29 is 10.2 Å². The third-order valence-electron chi connectivity index (χ3n) is 2.74. The number of aromatic hydroxyl groups is 1. The minimum atomic E-state index is 0.138. The zero-order chi connectivity index (χ0) is 12.7. The number of unbranched alkanes of at least 4 members (excludes halogenated alkanes) is 2. The maximum absolute atomic E-state index is 9.32. The zero-order valence-electron chi connectivity index (χ0n) is 10.4. The molecule has 0 fully saturated rings. The van der Waals surface area contributed by atoms with Crippen LogP contribution in [0.5, 0.6) is 5.75 Å². The van der Waals surface area contributed by atoms with Gasteiger partial charge in [0.05, 0.1) is 5.69 Å². The quantitative estimate of drug-likeness (QED) is 0.383. The van der Waals surface area contributed by atoms with Gasteiger partial charge in [-0.1, -0.05) is 6.07 Å². The number of rotatable bonds is 7. The number of aliphatic hydroxyl groups is 1. The van der Waals surface area contributed by atoms with E-state index in [1.165, 1.54) is 0 Å². The molecule has 0 aromatic heterocycles. The molecule has 1 aromatic rings. The number of benzene rings is 1. The van der Waals surface area contributed by atoms with Gasteiger partial charge in [0.1, 0.15) is 5.75 Å². The molecule has 0 aliphatic rings. The standard InChI is InChI=1S/C13H22N2O2/c1-15(7-3-2-4-8-16)10-11-5-6-13(17)12(14)9-11/h5-6,9,16-17H,2-4,7-8,10,14H2,1H3. The number of phenolic OH excluding ortho intramolecular Hbond substituents is 1. The fraction of sp³-hybridized carbons (Fsp3) is 0.538. The first-order valence-corrected chi connectivity index (χ1v) is 6.00. The van der Waals surface area contributed by atoms with Gasteiger partial charge in [-0.25, -0.2) is 0 Å². The Morgan fingerprint density at radius 1 is 1.24 bits per heavy atom. The van der Waals surface area contributed by atoms with Crippen LogP contribution in [0, 0.1) is 0 Å². The van der Waals surface area contributed by atoms with E-state index in [0.717, 1.165) is 37.9 Å². The van der Waals surface area contributed by atoms with E-state index in [1.807, 2.05) is 6.07 Å². The summed E-state index contributed by atoms with van der Waals surface area (Å²) in [5.74, 6) is 0.138. The summed E-state index contributed by atoms with van der Waals surface area (Å²) in [5.41, 5.74) is 7.17. The van der Waals surface area contributed by atoms with Crippen LogP contribution in [-0.2, 0) is 6.54 Å². The Balaban J connectivity index is 2.34. The average Bonchev–Trinajstić information content (AvgIpc) is 2.30. The largest absolute Gasteiger partial charge is 0.506 e. The predicted octanol–water partition coefficient (Wildman–Crippen LogP) is 1.57. The Hall–Kier alpha value is -1.26. The lowest BCUT2D eigenvalue weighted by Crippen LogP contribution is -2.19. The molecule has 0 unspecified atom stereocenters. The first kappa shape index (κ1) is 13.8. The van der Waals surface area contributed by atoms with Crippen LogP contribution in [0.2, 0.25) is 0 Å². The number of anilines is 1. The van der Waals surface area contributed by atoms with Gasteiger partial charge < -0.3 is 20.8 Å². The average molecular weight is 238 g/mol. The summed E-state index contributed by atoms with van der Waals surface area (Å²) in [6, 6.07) is 5.32. The van der Waals surface area contributed by atoms with E-state index in [0.29, 0.717) is 5.69 Å². The molecule has 0 bridgehead atoms. The predicted molar refractivity (Wildman–Crippen MR) is 69.8 cm³/mol. The number of hydrogen-bond acceptors (Lipinski definition) is 4. The molecule has 4 N–H and O–H groups in total. The van der Waals surface area contributed by atoms with E-state index >= 15 is 0 Å². The number of nitrogen functional groups attached to an aromatic ring is 1. The van der Waals surface area contributed by atoms with Crippen molar-refractivity contribution in [3.8, 4) is 5.75 Å². The van der Waals surface area contributed by atoms with Crippen LogP contribution in [-0.4, -0.2) is 35.3 Å². The molecule has 0 aliphatic heterocycles. The highest BCUT2D eigenvalue weighted by molar-refractivity contribution is 5.53. The monoisotopic (exact) mass is 238 g/mol. The minimum absolute atomic E-state index is 0.138. The van der Waals surface area contributed by atoms with Crippen molar-refractivity contribution in [2.45, 2.75) is 25.8 Å². The first-order valence-electron chi connectivity index (χ1n) is 6.00. The Morgan fingerprint density at radius 3 is 2.65 bits per heavy atom. The molecule has 17 heavy (non-hydrogen) atoms. The second-order valence-electron chi connectivity index (χ2n) is 4.42. The summed E-state index contributed by atoms with van der Waals surface area (Å²) >= 11 is 0. The summed E-state index contributed by atoms with van der Waals surface area (Å²) in [5, 5.41) is 18.0. The van der Waals surface area contributed by atoms with E-state index in [1.54, 1.807) is 12.1 Å². The van der Waals surface area contributed by atoms with Crippen LogP contribution in [0.3, 0.4) is 0 Å². The van der Waals surface area contributed by atoms with E-state index in [-0.39, 0.29) is 12.4 Å². The SMILES string of the molecule is CN(CCCCCO)Cc1ccc(O)c(N)c1. The number of nitrogens with zero attached hydrogens (tertiary/aromatic N) is 1. The molecule has 96 valence electrons. The van der Waals surface area contributed by atoms with Crippen LogP contribution >= 0.6 is 0 Å². The molecule has 0 amide bonds. The van der Waals surface area contributed by atoms with Gasteiger partial charge in [0.25, 0.3) is 0 Å². The highest BCUT2D eigenvalue weighted by Crippen LogP contribution is 2.21. The third kappa shape index (κ3) is 5.06. The van der Waals surface area contributed by atoms with Crippen molar-refractivity contribution in [2.24, 2.45) is 0 Å². The Kier molecular flexibility index (Phi) is 5.80. The topological polar surface area (TPSA) is 69.7 Å². The Labute approximate surface area is 103 Å². The third-order valence-corrected chi connectivity index (χ3v) is 2.74. The van der Waals surface area contributed by atoms with E-state index in [9.17, 15) is 5.11 Å². The van der Waals surface area contributed by atoms with Crippen molar-refractivity contribution in [1.29, 1.82) is 0 Å². The molecule has 0 spiro atoms. The Bertz CT molecular complexity index is 342. The molecular weight excluding hydrogens is 216 g/mol.